The van der Waals surface area contributed by atoms with Crippen LogP contribution in [0.3, 0.4) is 0 Å². The maximum absolute atomic E-state index is 13.4. The van der Waals surface area contributed by atoms with Crippen LogP contribution in [-0.4, -0.2) is 18.2 Å². The van der Waals surface area contributed by atoms with Crippen LogP contribution < -0.4 is 5.73 Å². The van der Waals surface area contributed by atoms with Crippen LogP contribution >= 0.6 is 15.9 Å². The molecule has 1 atom stereocenters. The molecule has 1 unspecified atom stereocenters. The summed E-state index contributed by atoms with van der Waals surface area (Å²) in [5, 5.41) is 0. The largest absolute Gasteiger partial charge is 0.374 e. The van der Waals surface area contributed by atoms with E-state index in [0.717, 1.165) is 35.7 Å². The Bertz CT molecular complexity index is 441. The van der Waals surface area contributed by atoms with Crippen LogP contribution in [0.1, 0.15) is 44.6 Å². The fraction of sp³-hybridized carbons (Fsp3) is 0.625. The van der Waals surface area contributed by atoms with Crippen LogP contribution in [0, 0.1) is 5.82 Å². The first-order valence-electron chi connectivity index (χ1n) is 7.41. The van der Waals surface area contributed by atoms with E-state index in [-0.39, 0.29) is 17.5 Å². The van der Waals surface area contributed by atoms with E-state index < -0.39 is 0 Å². The van der Waals surface area contributed by atoms with E-state index in [1.54, 1.807) is 12.1 Å². The van der Waals surface area contributed by atoms with Crippen molar-refractivity contribution in [3.8, 4) is 0 Å². The number of hydrogen-bond acceptors (Lipinski definition) is 2. The summed E-state index contributed by atoms with van der Waals surface area (Å²) in [6.07, 6.45) is 6.24. The lowest BCUT2D eigenvalue weighted by Crippen LogP contribution is -2.52. The maximum Gasteiger partial charge on any atom is 0.123 e. The van der Waals surface area contributed by atoms with Crippen molar-refractivity contribution in [2.45, 2.75) is 57.1 Å². The summed E-state index contributed by atoms with van der Waals surface area (Å²) >= 11 is 3.48. The van der Waals surface area contributed by atoms with E-state index in [1.807, 2.05) is 6.92 Å². The molecule has 1 fully saturated rings. The number of rotatable bonds is 5. The van der Waals surface area contributed by atoms with Crippen molar-refractivity contribution in [3.63, 3.8) is 0 Å². The van der Waals surface area contributed by atoms with Crippen LogP contribution in [0.2, 0.25) is 0 Å². The average Bonchev–Trinajstić information content (AvgIpc) is 2.44. The van der Waals surface area contributed by atoms with Gasteiger partial charge < -0.3 is 10.5 Å². The fourth-order valence-corrected chi connectivity index (χ4v) is 3.59. The van der Waals surface area contributed by atoms with E-state index >= 15 is 0 Å². The third kappa shape index (κ3) is 3.60. The minimum Gasteiger partial charge on any atom is -0.374 e. The molecule has 0 bridgehead atoms. The average molecular weight is 344 g/mol. The van der Waals surface area contributed by atoms with Gasteiger partial charge >= 0.3 is 0 Å². The number of ether oxygens (including phenoxy) is 1. The molecule has 0 amide bonds. The standard InChI is InChI=1S/C16H23BrFNO/c1-2-20-16(8-4-3-5-9-16)15(19)11-12-10-13(18)6-7-14(12)17/h6-7,10,15H,2-5,8-9,11,19H2,1H3. The van der Waals surface area contributed by atoms with Crippen molar-refractivity contribution in [1.82, 2.24) is 0 Å². The predicted octanol–water partition coefficient (Wildman–Crippen LogP) is 4.20. The molecule has 112 valence electrons. The topological polar surface area (TPSA) is 35.2 Å². The van der Waals surface area contributed by atoms with E-state index in [4.69, 9.17) is 10.5 Å². The van der Waals surface area contributed by atoms with E-state index in [1.165, 1.54) is 12.5 Å². The Labute approximate surface area is 129 Å². The van der Waals surface area contributed by atoms with Gasteiger partial charge in [-0.05, 0) is 49.9 Å². The minimum atomic E-state index is -0.237. The van der Waals surface area contributed by atoms with Gasteiger partial charge in [0, 0.05) is 17.1 Å². The third-order valence-electron chi connectivity index (χ3n) is 4.26. The zero-order valence-electron chi connectivity index (χ0n) is 12.0. The first kappa shape index (κ1) is 15.9. The Balaban J connectivity index is 2.15. The van der Waals surface area contributed by atoms with Crippen molar-refractivity contribution >= 4 is 15.9 Å². The summed E-state index contributed by atoms with van der Waals surface area (Å²) < 4.78 is 20.3. The van der Waals surface area contributed by atoms with Gasteiger partial charge in [0.2, 0.25) is 0 Å². The van der Waals surface area contributed by atoms with Crippen LogP contribution in [0.15, 0.2) is 22.7 Å². The summed E-state index contributed by atoms with van der Waals surface area (Å²) in [5.74, 6) is -0.218. The Kier molecular flexibility index (Phi) is 5.58. The van der Waals surface area contributed by atoms with Crippen molar-refractivity contribution in [1.29, 1.82) is 0 Å². The number of hydrogen-bond donors (Lipinski definition) is 1. The molecule has 0 saturated heterocycles. The number of benzene rings is 1. The molecule has 0 heterocycles. The Hall–Kier alpha value is -0.450. The molecule has 2 rings (SSSR count). The zero-order chi connectivity index (χ0) is 14.6. The number of halogens is 2. The molecule has 1 aromatic carbocycles. The summed E-state index contributed by atoms with van der Waals surface area (Å²) in [4.78, 5) is 0. The quantitative estimate of drug-likeness (QED) is 0.869. The summed E-state index contributed by atoms with van der Waals surface area (Å²) in [6.45, 7) is 2.69. The van der Waals surface area contributed by atoms with Crippen molar-refractivity contribution in [2.75, 3.05) is 6.61 Å². The second-order valence-corrected chi connectivity index (χ2v) is 6.46. The molecular formula is C16H23BrFNO. The van der Waals surface area contributed by atoms with Gasteiger partial charge in [-0.25, -0.2) is 4.39 Å². The highest BCUT2D eigenvalue weighted by Gasteiger charge is 2.38. The van der Waals surface area contributed by atoms with Gasteiger partial charge in [0.05, 0.1) is 5.60 Å². The molecule has 0 spiro atoms. The molecule has 0 aliphatic heterocycles. The van der Waals surface area contributed by atoms with Crippen LogP contribution in [0.4, 0.5) is 4.39 Å². The molecule has 2 nitrogen and oxygen atoms in total. The summed E-state index contributed by atoms with van der Waals surface area (Å²) in [6, 6.07) is 4.66. The van der Waals surface area contributed by atoms with E-state index in [0.29, 0.717) is 13.0 Å². The normalized spacial score (nSPS) is 19.8. The Morgan fingerprint density at radius 1 is 1.35 bits per heavy atom. The first-order valence-corrected chi connectivity index (χ1v) is 8.20. The molecule has 2 N–H and O–H groups in total. The van der Waals surface area contributed by atoms with Crippen molar-refractivity contribution in [2.24, 2.45) is 5.73 Å². The predicted molar refractivity (Wildman–Crippen MR) is 83.2 cm³/mol. The second kappa shape index (κ2) is 7.01. The van der Waals surface area contributed by atoms with Gasteiger partial charge in [0.15, 0.2) is 0 Å². The van der Waals surface area contributed by atoms with Crippen LogP contribution in [0.5, 0.6) is 0 Å². The fourth-order valence-electron chi connectivity index (χ4n) is 3.18. The highest BCUT2D eigenvalue weighted by Crippen LogP contribution is 2.35. The van der Waals surface area contributed by atoms with E-state index in [9.17, 15) is 4.39 Å². The number of nitrogens with two attached hydrogens (primary N) is 1. The Morgan fingerprint density at radius 2 is 2.05 bits per heavy atom. The first-order chi connectivity index (χ1) is 9.57. The van der Waals surface area contributed by atoms with Crippen molar-refractivity contribution in [3.05, 3.63) is 34.1 Å². The highest BCUT2D eigenvalue weighted by atomic mass is 79.9. The molecule has 1 aliphatic carbocycles. The molecule has 1 aliphatic rings. The lowest BCUT2D eigenvalue weighted by Gasteiger charge is -2.42. The lowest BCUT2D eigenvalue weighted by atomic mass is 9.77. The molecule has 0 radical (unpaired) electrons. The minimum absolute atomic E-state index is 0.0964. The molecule has 4 heteroatoms. The van der Waals surface area contributed by atoms with Gasteiger partial charge in [-0.15, -0.1) is 0 Å². The third-order valence-corrected chi connectivity index (χ3v) is 5.03. The molecule has 1 aromatic rings. The Morgan fingerprint density at radius 3 is 2.70 bits per heavy atom. The second-order valence-electron chi connectivity index (χ2n) is 5.60. The monoisotopic (exact) mass is 343 g/mol. The van der Waals surface area contributed by atoms with Gasteiger partial charge in [0.1, 0.15) is 5.82 Å². The van der Waals surface area contributed by atoms with Gasteiger partial charge in [-0.3, -0.25) is 0 Å². The smallest absolute Gasteiger partial charge is 0.123 e. The lowest BCUT2D eigenvalue weighted by molar-refractivity contribution is -0.0818. The molecule has 0 aromatic heterocycles. The highest BCUT2D eigenvalue weighted by molar-refractivity contribution is 9.10. The molecular weight excluding hydrogens is 321 g/mol. The molecule has 20 heavy (non-hydrogen) atoms. The van der Waals surface area contributed by atoms with Gasteiger partial charge in [0.25, 0.3) is 0 Å². The molecule has 1 saturated carbocycles. The van der Waals surface area contributed by atoms with Gasteiger partial charge in [-0.1, -0.05) is 35.2 Å². The van der Waals surface area contributed by atoms with E-state index in [2.05, 4.69) is 15.9 Å². The van der Waals surface area contributed by atoms with Gasteiger partial charge in [-0.2, -0.15) is 0 Å². The van der Waals surface area contributed by atoms with Crippen molar-refractivity contribution < 1.29 is 9.13 Å². The zero-order valence-corrected chi connectivity index (χ0v) is 13.6. The summed E-state index contributed by atoms with van der Waals surface area (Å²) in [5.41, 5.74) is 7.13. The SMILES string of the molecule is CCOC1(C(N)Cc2cc(F)ccc2Br)CCCCC1. The summed E-state index contributed by atoms with van der Waals surface area (Å²) in [7, 11) is 0. The van der Waals surface area contributed by atoms with Crippen LogP contribution in [0.25, 0.3) is 0 Å². The maximum atomic E-state index is 13.4. The van der Waals surface area contributed by atoms with Crippen LogP contribution in [-0.2, 0) is 11.2 Å².